The summed E-state index contributed by atoms with van der Waals surface area (Å²) in [5, 5.41) is 31.7. The molecule has 3 N–H and O–H groups in total. The van der Waals surface area contributed by atoms with E-state index in [4.69, 9.17) is 45.5 Å². The highest BCUT2D eigenvalue weighted by molar-refractivity contribution is 7.50. The Balaban J connectivity index is 1.51. The molecule has 190 valence electrons. The number of aromatic nitrogens is 1. The Labute approximate surface area is 193 Å². The Hall–Kier alpha value is -2.27. The number of hydrogen-bond donors (Lipinski definition) is 3. The fourth-order valence-corrected chi connectivity index (χ4v) is 9.76. The van der Waals surface area contributed by atoms with Gasteiger partial charge >= 0.3 is 35.2 Å². The molecule has 3 unspecified atom stereocenters. The zero-order valence-electron chi connectivity index (χ0n) is 16.4. The smallest absolute Gasteiger partial charge is 0.391 e. The molecule has 22 heteroatoms. The van der Waals surface area contributed by atoms with Crippen LogP contribution in [0.4, 0.5) is 4.39 Å². The van der Waals surface area contributed by atoms with E-state index in [1.165, 1.54) is 0 Å². The molecule has 1 aromatic heterocycles. The highest BCUT2D eigenvalue weighted by Crippen LogP contribution is 2.84. The van der Waals surface area contributed by atoms with Gasteiger partial charge in [-0.1, -0.05) is 0 Å². The summed E-state index contributed by atoms with van der Waals surface area (Å²) in [7, 11) is -14.9. The number of ether oxygens (including phenoxy) is 1. The minimum atomic E-state index is -5.20. The van der Waals surface area contributed by atoms with Crippen LogP contribution in [0.3, 0.4) is 0 Å². The normalized spacial score (nSPS) is 48.8. The van der Waals surface area contributed by atoms with Gasteiger partial charge in [0.15, 0.2) is 11.5 Å². The maximum atomic E-state index is 15.4. The van der Waals surface area contributed by atoms with Crippen LogP contribution in [0.5, 0.6) is 28.9 Å². The summed E-state index contributed by atoms with van der Waals surface area (Å²) in [4.78, 5) is 13.9. The third-order valence-corrected chi connectivity index (χ3v) is 10.5. The second kappa shape index (κ2) is 5.06. The molecule has 7 atom stereocenters. The number of benzene rings is 1. The maximum absolute atomic E-state index is 15.4. The molecular weight excluding hydrogens is 566 g/mol. The number of halogens is 1. The predicted molar refractivity (Wildman–Crippen MR) is 97.2 cm³/mol. The molecule has 2 aromatic rings. The molecule has 9 rings (SSSR count). The Bertz CT molecular complexity index is 1780. The van der Waals surface area contributed by atoms with Crippen molar-refractivity contribution in [1.29, 1.82) is 0 Å². The highest BCUT2D eigenvalue weighted by Gasteiger charge is 2.98. The van der Waals surface area contributed by atoms with Gasteiger partial charge in [0.05, 0.1) is 5.39 Å². The van der Waals surface area contributed by atoms with Crippen LogP contribution in [0, 0.1) is 5.82 Å². The predicted octanol–water partition coefficient (Wildman–Crippen LogP) is 0.213. The SMILES string of the molecule is O=c1c2c3c4c(F)c5c2c2c(n1[C@]1(O[C@]6(CO)OP7(=O)O[C@]1(O)[C@]6(O)O7)OP(=O)(O4)O3)OP(=O)(O5)O2. The summed E-state index contributed by atoms with van der Waals surface area (Å²) < 4.78 is 106. The standard InChI is InChI=1S/C14H5FNO17P3/c15-4-5-2-3-6-8(4)27-35(22,25-6)33-14(16(9(3)18)10-7(2)26-34(21,24-5)28-10)13(20)12(19)11(1-17,29-14)30-36(23,31-12)32-13/h17,19-20H,1H2/t11-,12-,13-,14-,34?,35?,36?/m1/s1. The minimum absolute atomic E-state index is 0.174. The van der Waals surface area contributed by atoms with E-state index in [9.17, 15) is 33.8 Å². The number of aliphatic hydroxyl groups excluding tert-OH is 1. The van der Waals surface area contributed by atoms with Gasteiger partial charge in [0, 0.05) is 0 Å². The Kier molecular flexibility index (Phi) is 2.91. The number of fused-ring (bicyclic) bond motifs is 7. The second-order valence-electron chi connectivity index (χ2n) is 8.37. The molecule has 1 aromatic carbocycles. The molecule has 8 heterocycles. The van der Waals surface area contributed by atoms with E-state index in [1.807, 2.05) is 0 Å². The molecule has 0 saturated carbocycles. The van der Waals surface area contributed by atoms with Crippen molar-refractivity contribution < 1.29 is 78.9 Å². The molecule has 7 aliphatic heterocycles. The second-order valence-corrected chi connectivity index (χ2v) is 12.7. The zero-order valence-corrected chi connectivity index (χ0v) is 19.1. The van der Waals surface area contributed by atoms with E-state index in [-0.39, 0.29) is 4.57 Å². The van der Waals surface area contributed by atoms with Gasteiger partial charge in [-0.15, -0.1) is 0 Å². The first-order chi connectivity index (χ1) is 16.8. The maximum Gasteiger partial charge on any atom is 0.648 e. The van der Waals surface area contributed by atoms with Crippen molar-refractivity contribution in [3.8, 4) is 28.9 Å². The van der Waals surface area contributed by atoms with E-state index in [0.29, 0.717) is 0 Å². The van der Waals surface area contributed by atoms with E-state index in [2.05, 4.69) is 0 Å². The minimum Gasteiger partial charge on any atom is -0.391 e. The summed E-state index contributed by atoms with van der Waals surface area (Å²) >= 11 is 0. The number of nitrogens with zero attached hydrogens (tertiary/aromatic N) is 1. The van der Waals surface area contributed by atoms with Crippen LogP contribution in [-0.2, 0) is 42.4 Å². The summed E-state index contributed by atoms with van der Waals surface area (Å²) in [6.07, 6.45) is 0. The van der Waals surface area contributed by atoms with Crippen molar-refractivity contribution in [2.75, 3.05) is 6.61 Å². The lowest BCUT2D eigenvalue weighted by molar-refractivity contribution is -0.381. The number of pyridine rings is 1. The molecule has 3 saturated heterocycles. The summed E-state index contributed by atoms with van der Waals surface area (Å²) in [5.74, 6) is -19.2. The van der Waals surface area contributed by atoms with Crippen LogP contribution in [-0.4, -0.2) is 43.9 Å². The first-order valence-corrected chi connectivity index (χ1v) is 14.0. The van der Waals surface area contributed by atoms with Crippen molar-refractivity contribution in [3.05, 3.63) is 16.2 Å². The molecule has 8 bridgehead atoms. The fourth-order valence-electron chi connectivity index (χ4n) is 5.20. The van der Waals surface area contributed by atoms with E-state index in [1.54, 1.807) is 0 Å². The van der Waals surface area contributed by atoms with Crippen molar-refractivity contribution in [2.45, 2.75) is 23.3 Å². The largest absolute Gasteiger partial charge is 0.648 e. The van der Waals surface area contributed by atoms with Crippen LogP contribution in [0.1, 0.15) is 0 Å². The van der Waals surface area contributed by atoms with E-state index >= 15 is 4.39 Å². The monoisotopic (exact) mass is 571 g/mol. The zero-order chi connectivity index (χ0) is 25.1. The fraction of sp³-hybridized carbons (Fsp3) is 0.357. The summed E-state index contributed by atoms with van der Waals surface area (Å²) in [6.45, 7) is -1.42. The Morgan fingerprint density at radius 1 is 0.778 bits per heavy atom. The van der Waals surface area contributed by atoms with Crippen molar-refractivity contribution in [1.82, 2.24) is 4.57 Å². The third-order valence-electron chi connectivity index (χ3n) is 6.55. The van der Waals surface area contributed by atoms with E-state index in [0.717, 1.165) is 0 Å². The van der Waals surface area contributed by atoms with Gasteiger partial charge in [-0.25, -0.2) is 31.8 Å². The van der Waals surface area contributed by atoms with Gasteiger partial charge < -0.3 is 37.9 Å². The van der Waals surface area contributed by atoms with Gasteiger partial charge in [-0.2, -0.15) is 8.96 Å². The van der Waals surface area contributed by atoms with Crippen LogP contribution in [0.2, 0.25) is 0 Å². The lowest BCUT2D eigenvalue weighted by Gasteiger charge is -2.39. The highest BCUT2D eigenvalue weighted by atomic mass is 31.2. The van der Waals surface area contributed by atoms with Crippen molar-refractivity contribution in [2.24, 2.45) is 0 Å². The third kappa shape index (κ3) is 1.70. The molecule has 0 radical (unpaired) electrons. The van der Waals surface area contributed by atoms with Crippen molar-refractivity contribution in [3.63, 3.8) is 0 Å². The molecule has 7 aliphatic rings. The first kappa shape index (κ1) is 20.7. The number of phosphoric acid groups is 3. The number of hydrogen-bond acceptors (Lipinski definition) is 17. The quantitative estimate of drug-likeness (QED) is 0.389. The van der Waals surface area contributed by atoms with Gasteiger partial charge in [0.25, 0.3) is 23.0 Å². The Morgan fingerprint density at radius 3 is 2.14 bits per heavy atom. The molecule has 0 amide bonds. The molecule has 18 nitrogen and oxygen atoms in total. The van der Waals surface area contributed by atoms with Gasteiger partial charge in [-0.05, 0) is 0 Å². The average Bonchev–Trinajstić information content (AvgIpc) is 3.42. The van der Waals surface area contributed by atoms with Crippen LogP contribution in [0.25, 0.3) is 10.8 Å². The van der Waals surface area contributed by atoms with E-state index < -0.39 is 104 Å². The van der Waals surface area contributed by atoms with Crippen LogP contribution >= 0.6 is 23.5 Å². The Morgan fingerprint density at radius 2 is 1.44 bits per heavy atom. The first-order valence-electron chi connectivity index (χ1n) is 9.62. The number of phosphoric ester groups is 3. The topological polar surface area (TPSA) is 226 Å². The van der Waals surface area contributed by atoms with Gasteiger partial charge in [0.2, 0.25) is 17.3 Å². The lowest BCUT2D eigenvalue weighted by Crippen LogP contribution is -2.67. The van der Waals surface area contributed by atoms with Gasteiger partial charge in [-0.3, -0.25) is 9.53 Å². The molecule has 1 spiro atoms. The molecular formula is C14H5FNO17P3. The molecule has 36 heavy (non-hydrogen) atoms. The average molecular weight is 571 g/mol. The molecule has 0 aliphatic carbocycles. The number of rotatable bonds is 1. The summed E-state index contributed by atoms with van der Waals surface area (Å²) in [6, 6.07) is 0. The lowest BCUT2D eigenvalue weighted by atomic mass is 9.97. The summed E-state index contributed by atoms with van der Waals surface area (Å²) in [5.41, 5.74) is -1.36. The number of aliphatic hydroxyl groups is 3. The van der Waals surface area contributed by atoms with Gasteiger partial charge in [0.1, 0.15) is 12.0 Å². The molecule has 3 fully saturated rings. The van der Waals surface area contributed by atoms with Crippen LogP contribution in [0.15, 0.2) is 4.79 Å². The van der Waals surface area contributed by atoms with Crippen molar-refractivity contribution >= 4 is 34.2 Å². The van der Waals surface area contributed by atoms with Crippen LogP contribution < -0.4 is 28.2 Å².